The van der Waals surface area contributed by atoms with E-state index in [4.69, 9.17) is 21.1 Å². The van der Waals surface area contributed by atoms with Gasteiger partial charge in [0.05, 0.1) is 27.0 Å². The first kappa shape index (κ1) is 20.8. The Bertz CT molecular complexity index is 900. The van der Waals surface area contributed by atoms with Crippen molar-refractivity contribution >= 4 is 74.5 Å². The van der Waals surface area contributed by atoms with Crippen LogP contribution in [0.5, 0.6) is 11.5 Å². The molecule has 0 bridgehead atoms. The van der Waals surface area contributed by atoms with Crippen LogP contribution in [-0.2, 0) is 4.79 Å². The second-order valence-electron chi connectivity index (χ2n) is 4.99. The smallest absolute Gasteiger partial charge is 0.266 e. The zero-order valence-electron chi connectivity index (χ0n) is 13.8. The highest BCUT2D eigenvalue weighted by Gasteiger charge is 2.14. The first-order valence-electron chi connectivity index (χ1n) is 7.19. The van der Waals surface area contributed by atoms with E-state index in [0.29, 0.717) is 16.5 Å². The molecule has 0 aliphatic rings. The molecular weight excluding hydrogens is 581 g/mol. The predicted octanol–water partition coefficient (Wildman–Crippen LogP) is 5.11. The Morgan fingerprint density at radius 1 is 1.19 bits per heavy atom. The molecule has 2 aromatic carbocycles. The maximum atomic E-state index is 12.5. The van der Waals surface area contributed by atoms with Crippen LogP contribution in [-0.4, -0.2) is 20.1 Å². The van der Waals surface area contributed by atoms with E-state index in [1.165, 1.54) is 13.2 Å². The number of rotatable bonds is 5. The molecule has 1 N–H and O–H groups in total. The molecule has 0 fully saturated rings. The summed E-state index contributed by atoms with van der Waals surface area (Å²) in [5.41, 5.74) is 1.08. The molecular formula is C18H13ClI2N2O3. The van der Waals surface area contributed by atoms with E-state index in [9.17, 15) is 10.1 Å². The number of carbonyl (C=O) groups excluding carboxylic acids is 1. The number of benzene rings is 2. The fraction of sp³-hybridized carbons (Fsp3) is 0.111. The minimum atomic E-state index is -0.547. The summed E-state index contributed by atoms with van der Waals surface area (Å²) in [7, 11) is 3.09. The monoisotopic (exact) mass is 594 g/mol. The van der Waals surface area contributed by atoms with Crippen LogP contribution < -0.4 is 14.8 Å². The van der Waals surface area contributed by atoms with Crippen LogP contribution in [0.15, 0.2) is 35.9 Å². The third-order valence-electron chi connectivity index (χ3n) is 3.31. The number of hydrogen-bond donors (Lipinski definition) is 1. The Labute approximate surface area is 183 Å². The standard InChI is InChI=1S/C18H13ClI2N2O3/c1-25-16-4-3-12(19)8-15(16)23-18(24)11(9-22)5-10-6-13(20)17(26-2)14(21)7-10/h3-8H,1-2H3,(H,23,24)/b11-5+. The number of nitriles is 1. The molecule has 0 unspecified atom stereocenters. The van der Waals surface area contributed by atoms with Crippen molar-refractivity contribution in [1.82, 2.24) is 0 Å². The van der Waals surface area contributed by atoms with Crippen LogP contribution >= 0.6 is 56.8 Å². The molecule has 0 heterocycles. The lowest BCUT2D eigenvalue weighted by atomic mass is 10.1. The van der Waals surface area contributed by atoms with Gasteiger partial charge in [-0.1, -0.05) is 11.6 Å². The van der Waals surface area contributed by atoms with E-state index in [1.54, 1.807) is 25.3 Å². The van der Waals surface area contributed by atoms with E-state index in [0.717, 1.165) is 18.5 Å². The van der Waals surface area contributed by atoms with Crippen molar-refractivity contribution in [2.75, 3.05) is 19.5 Å². The predicted molar refractivity (Wildman–Crippen MR) is 119 cm³/mol. The zero-order valence-corrected chi connectivity index (χ0v) is 18.8. The summed E-state index contributed by atoms with van der Waals surface area (Å²) in [6.07, 6.45) is 1.52. The average molecular weight is 595 g/mol. The van der Waals surface area contributed by atoms with E-state index in [-0.39, 0.29) is 5.57 Å². The van der Waals surface area contributed by atoms with Gasteiger partial charge in [0, 0.05) is 5.02 Å². The molecule has 5 nitrogen and oxygen atoms in total. The van der Waals surface area contributed by atoms with E-state index >= 15 is 0 Å². The number of halogens is 3. The van der Waals surface area contributed by atoms with Crippen LogP contribution in [0, 0.1) is 18.5 Å². The summed E-state index contributed by atoms with van der Waals surface area (Å²) in [6.45, 7) is 0. The van der Waals surface area contributed by atoms with E-state index in [2.05, 4.69) is 50.5 Å². The van der Waals surface area contributed by atoms with Crippen LogP contribution in [0.4, 0.5) is 5.69 Å². The van der Waals surface area contributed by atoms with Crippen molar-refractivity contribution in [3.63, 3.8) is 0 Å². The lowest BCUT2D eigenvalue weighted by Crippen LogP contribution is -2.14. The first-order chi connectivity index (χ1) is 12.4. The third kappa shape index (κ3) is 5.02. The summed E-state index contributed by atoms with van der Waals surface area (Å²) < 4.78 is 12.3. The number of anilines is 1. The summed E-state index contributed by atoms with van der Waals surface area (Å²) in [5, 5.41) is 12.5. The number of nitrogens with zero attached hydrogens (tertiary/aromatic N) is 1. The SMILES string of the molecule is COc1ccc(Cl)cc1NC(=O)/C(C#N)=C/c1cc(I)c(OC)c(I)c1. The Balaban J connectivity index is 2.34. The van der Waals surface area contributed by atoms with Crippen LogP contribution in [0.2, 0.25) is 5.02 Å². The first-order valence-corrected chi connectivity index (χ1v) is 9.72. The van der Waals surface area contributed by atoms with Crippen molar-refractivity contribution in [1.29, 1.82) is 5.26 Å². The Morgan fingerprint density at radius 3 is 2.38 bits per heavy atom. The van der Waals surface area contributed by atoms with Gasteiger partial charge in [0.1, 0.15) is 23.1 Å². The molecule has 0 atom stereocenters. The van der Waals surface area contributed by atoms with Crippen molar-refractivity contribution < 1.29 is 14.3 Å². The molecule has 0 saturated heterocycles. The molecule has 0 aliphatic heterocycles. The van der Waals surface area contributed by atoms with Gasteiger partial charge in [0.25, 0.3) is 5.91 Å². The highest BCUT2D eigenvalue weighted by molar-refractivity contribution is 14.1. The Kier molecular flexibility index (Phi) is 7.55. The Morgan fingerprint density at radius 2 is 1.85 bits per heavy atom. The number of ether oxygens (including phenoxy) is 2. The minimum Gasteiger partial charge on any atom is -0.495 e. The highest BCUT2D eigenvalue weighted by Crippen LogP contribution is 2.30. The van der Waals surface area contributed by atoms with Crippen molar-refractivity contribution in [3.05, 3.63) is 53.6 Å². The quantitative estimate of drug-likeness (QED) is 0.297. The molecule has 2 rings (SSSR count). The number of carbonyl (C=O) groups is 1. The summed E-state index contributed by atoms with van der Waals surface area (Å²) in [5.74, 6) is 0.664. The fourth-order valence-corrected chi connectivity index (χ4v) is 4.57. The van der Waals surface area contributed by atoms with Gasteiger partial charge in [-0.05, 0) is 87.2 Å². The molecule has 0 spiro atoms. The zero-order chi connectivity index (χ0) is 19.3. The minimum absolute atomic E-state index is 0.0382. The number of hydrogen-bond acceptors (Lipinski definition) is 4. The topological polar surface area (TPSA) is 71.3 Å². The summed E-state index contributed by atoms with van der Waals surface area (Å²) in [6, 6.07) is 10.5. The number of methoxy groups -OCH3 is 2. The van der Waals surface area contributed by atoms with Gasteiger partial charge in [-0.2, -0.15) is 5.26 Å². The fourth-order valence-electron chi connectivity index (χ4n) is 2.14. The molecule has 26 heavy (non-hydrogen) atoms. The van der Waals surface area contributed by atoms with E-state index in [1.807, 2.05) is 18.2 Å². The molecule has 0 saturated carbocycles. The lowest BCUT2D eigenvalue weighted by Gasteiger charge is -2.10. The van der Waals surface area contributed by atoms with Gasteiger partial charge in [-0.15, -0.1) is 0 Å². The second-order valence-corrected chi connectivity index (χ2v) is 7.75. The molecule has 1 amide bonds. The molecule has 134 valence electrons. The number of amides is 1. The summed E-state index contributed by atoms with van der Waals surface area (Å²) in [4.78, 5) is 12.5. The third-order valence-corrected chi connectivity index (χ3v) is 5.15. The van der Waals surface area contributed by atoms with Gasteiger partial charge in [-0.3, -0.25) is 4.79 Å². The molecule has 0 aliphatic carbocycles. The molecule has 0 radical (unpaired) electrons. The van der Waals surface area contributed by atoms with Crippen LogP contribution in [0.3, 0.4) is 0 Å². The van der Waals surface area contributed by atoms with E-state index < -0.39 is 5.91 Å². The molecule has 2 aromatic rings. The normalized spacial score (nSPS) is 10.8. The largest absolute Gasteiger partial charge is 0.495 e. The average Bonchev–Trinajstić information content (AvgIpc) is 2.59. The maximum absolute atomic E-state index is 12.5. The number of nitrogens with one attached hydrogen (secondary N) is 1. The van der Waals surface area contributed by atoms with Gasteiger partial charge in [0.15, 0.2) is 0 Å². The van der Waals surface area contributed by atoms with Crippen LogP contribution in [0.25, 0.3) is 6.08 Å². The maximum Gasteiger partial charge on any atom is 0.266 e. The van der Waals surface area contributed by atoms with Gasteiger partial charge in [-0.25, -0.2) is 0 Å². The highest BCUT2D eigenvalue weighted by atomic mass is 127. The molecule has 8 heteroatoms. The van der Waals surface area contributed by atoms with Crippen molar-refractivity contribution in [3.8, 4) is 17.6 Å². The van der Waals surface area contributed by atoms with Gasteiger partial charge >= 0.3 is 0 Å². The van der Waals surface area contributed by atoms with Gasteiger partial charge < -0.3 is 14.8 Å². The van der Waals surface area contributed by atoms with Crippen LogP contribution in [0.1, 0.15) is 5.56 Å². The molecule has 0 aromatic heterocycles. The summed E-state index contributed by atoms with van der Waals surface area (Å²) >= 11 is 10.3. The Hall–Kier alpha value is -1.51. The van der Waals surface area contributed by atoms with Crippen molar-refractivity contribution in [2.45, 2.75) is 0 Å². The van der Waals surface area contributed by atoms with Gasteiger partial charge in [0.2, 0.25) is 0 Å². The van der Waals surface area contributed by atoms with Crippen molar-refractivity contribution in [2.24, 2.45) is 0 Å². The lowest BCUT2D eigenvalue weighted by molar-refractivity contribution is -0.112. The second kappa shape index (κ2) is 9.43.